The van der Waals surface area contributed by atoms with E-state index >= 15 is 0 Å². The number of hydrogen-bond acceptors (Lipinski definition) is 1. The van der Waals surface area contributed by atoms with Gasteiger partial charge in [-0.05, 0) is 24.6 Å². The van der Waals surface area contributed by atoms with Crippen molar-refractivity contribution in [3.63, 3.8) is 0 Å². The summed E-state index contributed by atoms with van der Waals surface area (Å²) >= 11 is 16.2. The maximum Gasteiger partial charge on any atom is 0.0911 e. The first-order chi connectivity index (χ1) is 9.58. The van der Waals surface area contributed by atoms with Crippen LogP contribution < -0.4 is 0 Å². The van der Waals surface area contributed by atoms with Crippen molar-refractivity contribution in [3.05, 3.63) is 62.5 Å². The molecule has 0 spiro atoms. The molecule has 0 aliphatic rings. The van der Waals surface area contributed by atoms with Crippen molar-refractivity contribution < 1.29 is 0 Å². The second kappa shape index (κ2) is 5.36. The molecule has 1 aromatic heterocycles. The topological polar surface area (TPSA) is 12.9 Å². The van der Waals surface area contributed by atoms with E-state index in [1.165, 1.54) is 0 Å². The average Bonchev–Trinajstić information content (AvgIpc) is 2.44. The summed E-state index contributed by atoms with van der Waals surface area (Å²) in [5.74, 6) is 0. The second-order valence-corrected chi connectivity index (χ2v) is 6.25. The van der Waals surface area contributed by atoms with Crippen molar-refractivity contribution in [3.8, 4) is 11.3 Å². The maximum atomic E-state index is 6.51. The summed E-state index contributed by atoms with van der Waals surface area (Å²) in [6.45, 7) is 1.98. The highest BCUT2D eigenvalue weighted by atomic mass is 79.9. The molecule has 0 N–H and O–H groups in total. The summed E-state index contributed by atoms with van der Waals surface area (Å²) in [6, 6.07) is 13.8. The Morgan fingerprint density at radius 1 is 1.05 bits per heavy atom. The third-order valence-corrected chi connectivity index (χ3v) is 4.45. The Bertz CT molecular complexity index is 801. The fraction of sp³-hybridized carbons (Fsp3) is 0.0625. The third kappa shape index (κ3) is 2.32. The summed E-state index contributed by atoms with van der Waals surface area (Å²) < 4.78 is 0.894. The van der Waals surface area contributed by atoms with Gasteiger partial charge in [-0.25, -0.2) is 4.98 Å². The minimum atomic E-state index is 0.591. The summed E-state index contributed by atoms with van der Waals surface area (Å²) in [5, 5.41) is 2.15. The molecule has 2 aromatic carbocycles. The Morgan fingerprint density at radius 3 is 2.45 bits per heavy atom. The van der Waals surface area contributed by atoms with Gasteiger partial charge in [0.25, 0.3) is 0 Å². The minimum absolute atomic E-state index is 0.591. The van der Waals surface area contributed by atoms with E-state index < -0.39 is 0 Å². The van der Waals surface area contributed by atoms with Gasteiger partial charge in [0.05, 0.1) is 21.3 Å². The van der Waals surface area contributed by atoms with Gasteiger partial charge in [0.1, 0.15) is 0 Å². The zero-order chi connectivity index (χ0) is 14.3. The maximum absolute atomic E-state index is 6.51. The zero-order valence-electron chi connectivity index (χ0n) is 10.6. The Kier molecular flexibility index (Phi) is 3.72. The fourth-order valence-corrected chi connectivity index (χ4v) is 3.31. The van der Waals surface area contributed by atoms with Crippen molar-refractivity contribution >= 4 is 50.0 Å². The zero-order valence-corrected chi connectivity index (χ0v) is 13.7. The van der Waals surface area contributed by atoms with Crippen LogP contribution in [-0.2, 0) is 0 Å². The predicted octanol–water partition coefficient (Wildman–Crippen LogP) is 6.28. The highest BCUT2D eigenvalue weighted by Crippen LogP contribution is 2.37. The van der Waals surface area contributed by atoms with Crippen molar-refractivity contribution in [1.82, 2.24) is 4.98 Å². The van der Waals surface area contributed by atoms with E-state index in [0.29, 0.717) is 10.0 Å². The third-order valence-electron chi connectivity index (χ3n) is 3.22. The lowest BCUT2D eigenvalue weighted by atomic mass is 10.0. The number of hydrogen-bond donors (Lipinski definition) is 0. The van der Waals surface area contributed by atoms with Crippen LogP contribution in [0.4, 0.5) is 0 Å². The molecule has 0 atom stereocenters. The smallest absolute Gasteiger partial charge is 0.0911 e. The van der Waals surface area contributed by atoms with E-state index in [1.807, 2.05) is 49.4 Å². The van der Waals surface area contributed by atoms with Crippen LogP contribution in [0.25, 0.3) is 22.2 Å². The number of nitrogens with zero attached hydrogens (tertiary/aromatic N) is 1. The molecule has 0 saturated heterocycles. The van der Waals surface area contributed by atoms with E-state index in [4.69, 9.17) is 28.2 Å². The fourth-order valence-electron chi connectivity index (χ4n) is 2.23. The van der Waals surface area contributed by atoms with Gasteiger partial charge in [-0.15, -0.1) is 0 Å². The van der Waals surface area contributed by atoms with Gasteiger partial charge in [-0.1, -0.05) is 69.5 Å². The second-order valence-electron chi connectivity index (χ2n) is 4.55. The van der Waals surface area contributed by atoms with E-state index in [9.17, 15) is 0 Å². The summed E-state index contributed by atoms with van der Waals surface area (Å²) in [4.78, 5) is 4.71. The van der Waals surface area contributed by atoms with Gasteiger partial charge < -0.3 is 0 Å². The summed E-state index contributed by atoms with van der Waals surface area (Å²) in [7, 11) is 0. The molecule has 0 saturated carbocycles. The van der Waals surface area contributed by atoms with Crippen LogP contribution in [0.5, 0.6) is 0 Å². The van der Waals surface area contributed by atoms with Gasteiger partial charge in [0.15, 0.2) is 0 Å². The van der Waals surface area contributed by atoms with Gasteiger partial charge in [-0.3, -0.25) is 0 Å². The van der Waals surface area contributed by atoms with E-state index in [1.54, 1.807) is 0 Å². The van der Waals surface area contributed by atoms with Gasteiger partial charge in [0.2, 0.25) is 0 Å². The first-order valence-electron chi connectivity index (χ1n) is 6.08. The van der Waals surface area contributed by atoms with E-state index in [2.05, 4.69) is 15.9 Å². The number of fused-ring (bicyclic) bond motifs is 1. The van der Waals surface area contributed by atoms with Crippen LogP contribution in [-0.4, -0.2) is 4.98 Å². The lowest BCUT2D eigenvalue weighted by molar-refractivity contribution is 1.33. The molecule has 0 aliphatic heterocycles. The highest BCUT2D eigenvalue weighted by Gasteiger charge is 2.14. The lowest BCUT2D eigenvalue weighted by Crippen LogP contribution is -1.93. The van der Waals surface area contributed by atoms with Crippen LogP contribution in [0.1, 0.15) is 5.56 Å². The first-order valence-corrected chi connectivity index (χ1v) is 7.63. The monoisotopic (exact) mass is 365 g/mol. The Labute approximate surface area is 135 Å². The predicted molar refractivity (Wildman–Crippen MR) is 89.6 cm³/mol. The largest absolute Gasteiger partial charge is 0.246 e. The normalized spacial score (nSPS) is 11.0. The molecule has 3 aromatic rings. The molecule has 1 nitrogen and oxygen atoms in total. The number of benzene rings is 2. The molecule has 20 heavy (non-hydrogen) atoms. The van der Waals surface area contributed by atoms with Crippen LogP contribution in [0.3, 0.4) is 0 Å². The van der Waals surface area contributed by atoms with Gasteiger partial charge in [0, 0.05) is 15.4 Å². The first kappa shape index (κ1) is 13.9. The summed E-state index contributed by atoms with van der Waals surface area (Å²) in [6.07, 6.45) is 0. The standard InChI is InChI=1S/C16H10BrCl2N/c1-9-14(19)12-7-11(17)8-13(18)16(12)20-15(9)10-5-3-2-4-6-10/h2-8H,1H3. The molecular formula is C16H10BrCl2N. The van der Waals surface area contributed by atoms with Gasteiger partial charge in [-0.2, -0.15) is 0 Å². The van der Waals surface area contributed by atoms with Crippen LogP contribution in [0.15, 0.2) is 46.9 Å². The van der Waals surface area contributed by atoms with Crippen LogP contribution >= 0.6 is 39.1 Å². The highest BCUT2D eigenvalue weighted by molar-refractivity contribution is 9.10. The van der Waals surface area contributed by atoms with Crippen molar-refractivity contribution in [2.75, 3.05) is 0 Å². The minimum Gasteiger partial charge on any atom is -0.246 e. The molecule has 4 heteroatoms. The number of halogens is 3. The quantitative estimate of drug-likeness (QED) is 0.493. The molecule has 0 radical (unpaired) electrons. The SMILES string of the molecule is Cc1c(-c2ccccc2)nc2c(Cl)cc(Br)cc2c1Cl. The molecule has 0 unspecified atom stereocenters. The number of pyridine rings is 1. The van der Waals surface area contributed by atoms with Crippen molar-refractivity contribution in [2.24, 2.45) is 0 Å². The van der Waals surface area contributed by atoms with Crippen LogP contribution in [0, 0.1) is 6.92 Å². The van der Waals surface area contributed by atoms with Gasteiger partial charge >= 0.3 is 0 Å². The number of aromatic nitrogens is 1. The molecule has 3 rings (SSSR count). The van der Waals surface area contributed by atoms with E-state index in [0.717, 1.165) is 32.2 Å². The molecule has 0 bridgehead atoms. The number of rotatable bonds is 1. The molecule has 0 amide bonds. The molecule has 100 valence electrons. The Hall–Kier alpha value is -1.09. The van der Waals surface area contributed by atoms with Crippen LogP contribution in [0.2, 0.25) is 10.0 Å². The van der Waals surface area contributed by atoms with Crippen molar-refractivity contribution in [2.45, 2.75) is 6.92 Å². The molecule has 0 fully saturated rings. The van der Waals surface area contributed by atoms with E-state index in [-0.39, 0.29) is 0 Å². The Balaban J connectivity index is 2.39. The Morgan fingerprint density at radius 2 is 1.75 bits per heavy atom. The molecular weight excluding hydrogens is 357 g/mol. The molecule has 1 heterocycles. The van der Waals surface area contributed by atoms with Crippen molar-refractivity contribution in [1.29, 1.82) is 0 Å². The lowest BCUT2D eigenvalue weighted by Gasteiger charge is -2.11. The average molecular weight is 367 g/mol. The summed E-state index contributed by atoms with van der Waals surface area (Å²) in [5.41, 5.74) is 3.59. The molecule has 0 aliphatic carbocycles.